The Hall–Kier alpha value is -2.15. The van der Waals surface area contributed by atoms with Crippen LogP contribution in [0.15, 0.2) is 28.9 Å². The second-order valence-electron chi connectivity index (χ2n) is 2.87. The Balaban J connectivity index is 2.56. The molecular formula is C8H4ClN3O4. The van der Waals surface area contributed by atoms with Crippen LogP contribution >= 0.6 is 11.6 Å². The van der Waals surface area contributed by atoms with Crippen LogP contribution in [0.2, 0.25) is 5.02 Å². The van der Waals surface area contributed by atoms with E-state index in [1.54, 1.807) is 0 Å². The van der Waals surface area contributed by atoms with E-state index in [9.17, 15) is 15.3 Å². The normalized spacial score (nSPS) is 10.3. The fourth-order valence-corrected chi connectivity index (χ4v) is 1.31. The average molecular weight is 242 g/mol. The molecule has 16 heavy (non-hydrogen) atoms. The third kappa shape index (κ3) is 1.68. The van der Waals surface area contributed by atoms with Gasteiger partial charge in [-0.3, -0.25) is 20.0 Å². The Morgan fingerprint density at radius 3 is 2.56 bits per heavy atom. The Morgan fingerprint density at radius 1 is 1.38 bits per heavy atom. The number of nitrogens with zero attached hydrogens (tertiary/aromatic N) is 3. The first-order valence-electron chi connectivity index (χ1n) is 4.09. The molecule has 0 radical (unpaired) electrons. The van der Waals surface area contributed by atoms with Gasteiger partial charge < -0.3 is 0 Å². The van der Waals surface area contributed by atoms with E-state index in [1.807, 2.05) is 0 Å². The van der Waals surface area contributed by atoms with Crippen LogP contribution in [0.25, 0.3) is 11.3 Å². The fourth-order valence-electron chi connectivity index (χ4n) is 1.19. The van der Waals surface area contributed by atoms with Gasteiger partial charge in [-0.1, -0.05) is 23.7 Å². The van der Waals surface area contributed by atoms with E-state index >= 15 is 0 Å². The van der Waals surface area contributed by atoms with Gasteiger partial charge in [-0.05, 0) is 12.1 Å². The van der Waals surface area contributed by atoms with E-state index in [4.69, 9.17) is 11.6 Å². The molecule has 1 aromatic carbocycles. The monoisotopic (exact) mass is 241 g/mol. The van der Waals surface area contributed by atoms with Gasteiger partial charge in [0.05, 0.1) is 0 Å². The summed E-state index contributed by atoms with van der Waals surface area (Å²) in [5.74, 6) is -0.748. The highest BCUT2D eigenvalue weighted by Gasteiger charge is 2.32. The molecule has 0 N–H and O–H groups in total. The maximum Gasteiger partial charge on any atom is 0.587 e. The largest absolute Gasteiger partial charge is 0.587 e. The van der Waals surface area contributed by atoms with E-state index in [0.29, 0.717) is 10.6 Å². The first-order chi connectivity index (χ1) is 7.59. The number of rotatable bonds is 2. The molecule has 7 nitrogen and oxygen atoms in total. The topological polar surface area (TPSA) is 96.1 Å². The number of hydrogen-bond acceptors (Lipinski definition) is 5. The van der Waals surface area contributed by atoms with Crippen molar-refractivity contribution in [3.05, 3.63) is 44.6 Å². The summed E-state index contributed by atoms with van der Waals surface area (Å²) in [6, 6.07) is 6.08. The number of halogens is 1. The molecule has 0 saturated carbocycles. The summed E-state index contributed by atoms with van der Waals surface area (Å²) in [4.78, 5) is 9.50. The molecule has 1 aromatic heterocycles. The zero-order valence-electron chi connectivity index (χ0n) is 7.66. The van der Waals surface area contributed by atoms with Gasteiger partial charge in [-0.2, -0.15) is 0 Å². The van der Waals surface area contributed by atoms with E-state index in [0.717, 1.165) is 0 Å². The van der Waals surface area contributed by atoms with Crippen molar-refractivity contribution in [1.82, 2.24) is 5.16 Å². The second-order valence-corrected chi connectivity index (χ2v) is 3.30. The van der Waals surface area contributed by atoms with Crippen molar-refractivity contribution in [2.45, 2.75) is 0 Å². The van der Waals surface area contributed by atoms with Crippen LogP contribution < -0.4 is 4.90 Å². The van der Waals surface area contributed by atoms with Gasteiger partial charge in [-0.15, -0.1) is 5.16 Å². The molecule has 0 aliphatic heterocycles. The van der Waals surface area contributed by atoms with Gasteiger partial charge in [-0.25, -0.2) is 0 Å². The predicted octanol–water partition coefficient (Wildman–Crippen LogP) is 1.54. The molecule has 0 bridgehead atoms. The first kappa shape index (κ1) is 10.4. The Kier molecular flexibility index (Phi) is 2.45. The minimum Gasteiger partial charge on any atom is -0.265 e. The van der Waals surface area contributed by atoms with Gasteiger partial charge in [0.15, 0.2) is 0 Å². The van der Waals surface area contributed by atoms with Crippen LogP contribution in [0.4, 0.5) is 5.82 Å². The van der Waals surface area contributed by atoms with Crippen molar-refractivity contribution in [1.29, 1.82) is 0 Å². The van der Waals surface area contributed by atoms with E-state index < -0.39 is 10.7 Å². The van der Waals surface area contributed by atoms with Crippen LogP contribution in [-0.2, 0) is 0 Å². The van der Waals surface area contributed by atoms with E-state index in [2.05, 4.69) is 9.79 Å². The van der Waals surface area contributed by atoms with Crippen molar-refractivity contribution >= 4 is 17.4 Å². The molecule has 2 rings (SSSR count). The van der Waals surface area contributed by atoms with E-state index in [-0.39, 0.29) is 10.6 Å². The predicted molar refractivity (Wildman–Crippen MR) is 52.6 cm³/mol. The first-order valence-corrected chi connectivity index (χ1v) is 4.47. The van der Waals surface area contributed by atoms with Crippen LogP contribution in [-0.4, -0.2) is 10.1 Å². The zero-order valence-corrected chi connectivity index (χ0v) is 8.42. The van der Waals surface area contributed by atoms with E-state index in [1.165, 1.54) is 24.3 Å². The Bertz CT molecular complexity index is 537. The van der Waals surface area contributed by atoms with Crippen LogP contribution in [0, 0.1) is 15.3 Å². The molecule has 0 atom stereocenters. The number of benzene rings is 1. The molecule has 1 heterocycles. The Morgan fingerprint density at radius 2 is 2.00 bits per heavy atom. The molecule has 8 heteroatoms. The highest BCUT2D eigenvalue weighted by molar-refractivity contribution is 6.30. The molecule has 0 aliphatic rings. The molecule has 0 fully saturated rings. The maximum atomic E-state index is 10.9. The zero-order chi connectivity index (χ0) is 11.7. The summed E-state index contributed by atoms with van der Waals surface area (Å²) in [5.41, 5.74) is 0.256. The van der Waals surface area contributed by atoms with Gasteiger partial charge in [0.2, 0.25) is 5.69 Å². The lowest BCUT2D eigenvalue weighted by molar-refractivity contribution is -0.825. The van der Waals surface area contributed by atoms with Gasteiger partial charge in [0.1, 0.15) is 9.83 Å². The molecule has 82 valence electrons. The average Bonchev–Trinajstić information content (AvgIpc) is 2.61. The SMILES string of the molecule is O=[N+]([O-])c1c(-c2ccc(Cl)cc2)no[n+]1[O-]. The highest BCUT2D eigenvalue weighted by Crippen LogP contribution is 2.25. The van der Waals surface area contributed by atoms with Crippen molar-refractivity contribution in [3.8, 4) is 11.3 Å². The van der Waals surface area contributed by atoms with Gasteiger partial charge in [0.25, 0.3) is 0 Å². The summed E-state index contributed by atoms with van der Waals surface area (Å²) in [6.45, 7) is 0. The van der Waals surface area contributed by atoms with Crippen LogP contribution in [0.5, 0.6) is 0 Å². The van der Waals surface area contributed by atoms with Crippen LogP contribution in [0.3, 0.4) is 0 Å². The van der Waals surface area contributed by atoms with Crippen molar-refractivity contribution in [2.75, 3.05) is 0 Å². The number of hydrogen-bond donors (Lipinski definition) is 0. The number of aromatic nitrogens is 2. The molecule has 0 amide bonds. The molecule has 0 unspecified atom stereocenters. The Labute approximate surface area is 93.5 Å². The molecular weight excluding hydrogens is 238 g/mol. The van der Waals surface area contributed by atoms with Crippen molar-refractivity contribution in [3.63, 3.8) is 0 Å². The van der Waals surface area contributed by atoms with Gasteiger partial charge in [0, 0.05) is 10.6 Å². The van der Waals surface area contributed by atoms with Crippen molar-refractivity contribution in [2.24, 2.45) is 0 Å². The van der Waals surface area contributed by atoms with Crippen LogP contribution in [0.1, 0.15) is 0 Å². The molecule has 0 aliphatic carbocycles. The third-order valence-corrected chi connectivity index (χ3v) is 2.13. The summed E-state index contributed by atoms with van der Waals surface area (Å²) < 4.78 is 4.18. The third-order valence-electron chi connectivity index (χ3n) is 1.88. The summed E-state index contributed by atoms with van der Waals surface area (Å²) in [5, 5.41) is 25.3. The lowest BCUT2D eigenvalue weighted by Crippen LogP contribution is -2.26. The molecule has 2 aromatic rings. The van der Waals surface area contributed by atoms with Gasteiger partial charge >= 0.3 is 5.82 Å². The molecule has 0 saturated heterocycles. The minimum absolute atomic E-state index is 0.128. The standard InChI is InChI=1S/C8H4ClN3O4/c9-6-3-1-5(2-4-6)7-8(11(13)14)12(15)16-10-7/h1-4H. The smallest absolute Gasteiger partial charge is 0.265 e. The quantitative estimate of drug-likeness (QED) is 0.451. The highest BCUT2D eigenvalue weighted by atomic mass is 35.5. The lowest BCUT2D eigenvalue weighted by Gasteiger charge is -1.93. The molecule has 0 spiro atoms. The fraction of sp³-hybridized carbons (Fsp3) is 0. The second kappa shape index (κ2) is 3.78. The summed E-state index contributed by atoms with van der Waals surface area (Å²) in [6.07, 6.45) is 0. The maximum absolute atomic E-state index is 10.9. The lowest BCUT2D eigenvalue weighted by atomic mass is 10.1. The summed E-state index contributed by atoms with van der Waals surface area (Å²) >= 11 is 5.66. The summed E-state index contributed by atoms with van der Waals surface area (Å²) in [7, 11) is 0. The minimum atomic E-state index is -0.854. The van der Waals surface area contributed by atoms with Crippen molar-refractivity contribution < 1.29 is 14.5 Å². The number of nitro groups is 1.